The fraction of sp³-hybridized carbons (Fsp3) is 0.0667. The molecule has 6 heteroatoms. The summed E-state index contributed by atoms with van der Waals surface area (Å²) >= 11 is 3.57. The van der Waals surface area contributed by atoms with Gasteiger partial charge in [-0.25, -0.2) is 4.98 Å². The molecule has 1 N–H and O–H groups in total. The standard InChI is InChI=1S/C15H12IN3OS/c16-19(11-6-2-1-3-7-11)14(20)10-17-15-18-12-8-4-5-9-13(12)21-15/h1-9H,10H2,(H,17,18). The Balaban J connectivity index is 1.65. The van der Waals surface area contributed by atoms with Gasteiger partial charge in [0.2, 0.25) is 0 Å². The molecule has 0 aliphatic rings. The molecule has 0 saturated heterocycles. The first-order valence-corrected chi connectivity index (χ1v) is 8.15. The molecule has 0 spiro atoms. The zero-order valence-corrected chi connectivity index (χ0v) is 14.0. The Hall–Kier alpha value is -1.67. The third-order valence-corrected chi connectivity index (χ3v) is 4.98. The van der Waals surface area contributed by atoms with Crippen LogP contribution in [0, 0.1) is 0 Å². The molecule has 0 aliphatic carbocycles. The summed E-state index contributed by atoms with van der Waals surface area (Å²) in [5.41, 5.74) is 1.82. The smallest absolute Gasteiger partial charge is 0.255 e. The maximum atomic E-state index is 12.2. The maximum Gasteiger partial charge on any atom is 0.255 e. The van der Waals surface area contributed by atoms with E-state index in [2.05, 4.69) is 10.3 Å². The van der Waals surface area contributed by atoms with E-state index in [0.717, 1.165) is 21.0 Å². The number of anilines is 2. The second kappa shape index (κ2) is 6.40. The Kier molecular flexibility index (Phi) is 4.35. The molecule has 1 heterocycles. The number of thiazole rings is 1. The minimum atomic E-state index is -0.0129. The normalized spacial score (nSPS) is 10.5. The van der Waals surface area contributed by atoms with Crippen molar-refractivity contribution in [3.63, 3.8) is 0 Å². The molecular formula is C15H12IN3OS. The Bertz CT molecular complexity index is 727. The van der Waals surface area contributed by atoms with Crippen LogP contribution in [0.1, 0.15) is 0 Å². The fourth-order valence-electron chi connectivity index (χ4n) is 1.87. The molecule has 21 heavy (non-hydrogen) atoms. The SMILES string of the molecule is O=C(CNc1nc2ccccc2s1)N(I)c1ccccc1. The summed E-state index contributed by atoms with van der Waals surface area (Å²) < 4.78 is 2.72. The minimum absolute atomic E-state index is 0.0129. The second-order valence-corrected chi connectivity index (χ2v) is 6.35. The summed E-state index contributed by atoms with van der Waals surface area (Å²) in [5, 5.41) is 3.86. The van der Waals surface area contributed by atoms with Crippen LogP contribution >= 0.6 is 34.2 Å². The lowest BCUT2D eigenvalue weighted by Crippen LogP contribution is -2.27. The number of aromatic nitrogens is 1. The Morgan fingerprint density at radius 2 is 1.86 bits per heavy atom. The Morgan fingerprint density at radius 3 is 2.62 bits per heavy atom. The number of halogens is 1. The van der Waals surface area contributed by atoms with Crippen molar-refractivity contribution in [3.8, 4) is 0 Å². The van der Waals surface area contributed by atoms with Gasteiger partial charge in [0.1, 0.15) is 0 Å². The molecule has 106 valence electrons. The van der Waals surface area contributed by atoms with Crippen LogP contribution in [-0.4, -0.2) is 17.4 Å². The van der Waals surface area contributed by atoms with Crippen molar-refractivity contribution in [1.82, 2.24) is 4.98 Å². The van der Waals surface area contributed by atoms with Crippen molar-refractivity contribution in [3.05, 3.63) is 54.6 Å². The zero-order chi connectivity index (χ0) is 14.7. The second-order valence-electron chi connectivity index (χ2n) is 4.35. The molecule has 3 aromatic rings. The van der Waals surface area contributed by atoms with Gasteiger partial charge in [-0.15, -0.1) is 0 Å². The van der Waals surface area contributed by atoms with Gasteiger partial charge in [0.25, 0.3) is 5.91 Å². The predicted molar refractivity (Wildman–Crippen MR) is 96.1 cm³/mol. The molecule has 0 aliphatic heterocycles. The predicted octanol–water partition coefficient (Wildman–Crippen LogP) is 4.09. The van der Waals surface area contributed by atoms with Crippen LogP contribution in [0.15, 0.2) is 54.6 Å². The summed E-state index contributed by atoms with van der Waals surface area (Å²) in [5.74, 6) is -0.0129. The van der Waals surface area contributed by atoms with Gasteiger partial charge < -0.3 is 5.32 Å². The van der Waals surface area contributed by atoms with E-state index in [1.54, 1.807) is 14.5 Å². The first-order chi connectivity index (χ1) is 10.2. The van der Waals surface area contributed by atoms with E-state index in [-0.39, 0.29) is 12.5 Å². The van der Waals surface area contributed by atoms with E-state index >= 15 is 0 Å². The van der Waals surface area contributed by atoms with Gasteiger partial charge in [-0.05, 0) is 24.3 Å². The first kappa shape index (κ1) is 14.3. The Morgan fingerprint density at radius 1 is 1.14 bits per heavy atom. The average Bonchev–Trinajstić information content (AvgIpc) is 2.95. The van der Waals surface area contributed by atoms with Crippen LogP contribution < -0.4 is 8.43 Å². The van der Waals surface area contributed by atoms with E-state index < -0.39 is 0 Å². The topological polar surface area (TPSA) is 45.2 Å². The third kappa shape index (κ3) is 3.33. The van der Waals surface area contributed by atoms with Crippen molar-refractivity contribution >= 4 is 61.1 Å². The number of nitrogens with one attached hydrogen (secondary N) is 1. The molecule has 0 bridgehead atoms. The average molecular weight is 409 g/mol. The van der Waals surface area contributed by atoms with E-state index in [9.17, 15) is 4.79 Å². The largest absolute Gasteiger partial charge is 0.352 e. The highest BCUT2D eigenvalue weighted by molar-refractivity contribution is 14.1. The van der Waals surface area contributed by atoms with Gasteiger partial charge in [0.05, 0.1) is 45.3 Å². The van der Waals surface area contributed by atoms with Gasteiger partial charge in [-0.1, -0.05) is 41.7 Å². The highest BCUT2D eigenvalue weighted by Crippen LogP contribution is 2.25. The molecule has 0 atom stereocenters. The van der Waals surface area contributed by atoms with Gasteiger partial charge in [-0.3, -0.25) is 7.91 Å². The molecule has 0 fully saturated rings. The van der Waals surface area contributed by atoms with E-state index in [1.165, 1.54) is 0 Å². The van der Waals surface area contributed by atoms with E-state index in [4.69, 9.17) is 0 Å². The molecule has 0 unspecified atom stereocenters. The number of amides is 1. The van der Waals surface area contributed by atoms with Crippen LogP contribution in [0.5, 0.6) is 0 Å². The van der Waals surface area contributed by atoms with Crippen LogP contribution in [0.4, 0.5) is 10.8 Å². The molecule has 2 aromatic carbocycles. The van der Waals surface area contributed by atoms with Crippen LogP contribution in [0.2, 0.25) is 0 Å². The molecule has 0 saturated carbocycles. The van der Waals surface area contributed by atoms with Gasteiger partial charge in [-0.2, -0.15) is 0 Å². The van der Waals surface area contributed by atoms with Crippen molar-refractivity contribution in [2.75, 3.05) is 15.0 Å². The first-order valence-electron chi connectivity index (χ1n) is 6.37. The lowest BCUT2D eigenvalue weighted by molar-refractivity contribution is -0.115. The number of benzene rings is 2. The number of hydrogen-bond donors (Lipinski definition) is 1. The zero-order valence-electron chi connectivity index (χ0n) is 11.0. The molecule has 1 amide bonds. The highest BCUT2D eigenvalue weighted by atomic mass is 127. The number of fused-ring (bicyclic) bond motifs is 1. The fourth-order valence-corrected chi connectivity index (χ4v) is 3.23. The lowest BCUT2D eigenvalue weighted by atomic mass is 10.3. The molecular weight excluding hydrogens is 397 g/mol. The molecule has 0 radical (unpaired) electrons. The summed E-state index contributed by atoms with van der Waals surface area (Å²) in [6.45, 7) is 0.220. The van der Waals surface area contributed by atoms with Crippen molar-refractivity contribution in [2.24, 2.45) is 0 Å². The molecule has 4 nitrogen and oxygen atoms in total. The lowest BCUT2D eigenvalue weighted by Gasteiger charge is -2.14. The van der Waals surface area contributed by atoms with Crippen molar-refractivity contribution in [2.45, 2.75) is 0 Å². The van der Waals surface area contributed by atoms with Gasteiger partial charge >= 0.3 is 0 Å². The van der Waals surface area contributed by atoms with E-state index in [0.29, 0.717) is 0 Å². The summed E-state index contributed by atoms with van der Waals surface area (Å²) in [7, 11) is 0. The number of carbonyl (C=O) groups excluding carboxylic acids is 1. The van der Waals surface area contributed by atoms with Crippen molar-refractivity contribution in [1.29, 1.82) is 0 Å². The number of para-hydroxylation sites is 2. The van der Waals surface area contributed by atoms with Gasteiger partial charge in [0.15, 0.2) is 5.13 Å². The van der Waals surface area contributed by atoms with Crippen molar-refractivity contribution < 1.29 is 4.79 Å². The monoisotopic (exact) mass is 409 g/mol. The minimum Gasteiger partial charge on any atom is -0.352 e. The van der Waals surface area contributed by atoms with Crippen LogP contribution in [0.25, 0.3) is 10.2 Å². The third-order valence-electron chi connectivity index (χ3n) is 2.89. The summed E-state index contributed by atoms with van der Waals surface area (Å²) in [6, 6.07) is 17.5. The maximum absolute atomic E-state index is 12.2. The number of nitrogens with zero attached hydrogens (tertiary/aromatic N) is 2. The molecule has 3 rings (SSSR count). The van der Waals surface area contributed by atoms with Crippen LogP contribution in [-0.2, 0) is 4.79 Å². The number of hydrogen-bond acceptors (Lipinski definition) is 4. The quantitative estimate of drug-likeness (QED) is 0.522. The van der Waals surface area contributed by atoms with E-state index in [1.807, 2.05) is 77.5 Å². The number of rotatable bonds is 4. The molecule has 1 aromatic heterocycles. The van der Waals surface area contributed by atoms with Crippen LogP contribution in [0.3, 0.4) is 0 Å². The summed E-state index contributed by atoms with van der Waals surface area (Å²) in [6.07, 6.45) is 0. The highest BCUT2D eigenvalue weighted by Gasteiger charge is 2.13. The Labute approximate surface area is 140 Å². The summed E-state index contributed by atoms with van der Waals surface area (Å²) in [4.78, 5) is 16.6. The number of carbonyl (C=O) groups is 1. The van der Waals surface area contributed by atoms with Gasteiger partial charge in [0, 0.05) is 0 Å².